The lowest BCUT2D eigenvalue weighted by atomic mass is 9.97. The van der Waals surface area contributed by atoms with Crippen LogP contribution < -0.4 is 5.32 Å². The Hall–Kier alpha value is -1.17. The van der Waals surface area contributed by atoms with Crippen molar-refractivity contribution in [1.29, 1.82) is 0 Å². The molecule has 1 aromatic carbocycles. The van der Waals surface area contributed by atoms with Gasteiger partial charge in [-0.05, 0) is 44.1 Å². The van der Waals surface area contributed by atoms with Crippen molar-refractivity contribution in [3.05, 3.63) is 29.0 Å². The summed E-state index contributed by atoms with van der Waals surface area (Å²) >= 11 is 7.70. The predicted octanol–water partition coefficient (Wildman–Crippen LogP) is 3.06. The molecule has 0 saturated carbocycles. The average molecular weight is 293 g/mol. The predicted molar refractivity (Wildman–Crippen MR) is 78.2 cm³/mol. The number of rotatable bonds is 1. The quantitative estimate of drug-likeness (QED) is 0.749. The van der Waals surface area contributed by atoms with E-state index >= 15 is 0 Å². The summed E-state index contributed by atoms with van der Waals surface area (Å²) in [6, 6.07) is 6.00. The summed E-state index contributed by atoms with van der Waals surface area (Å²) in [6.45, 7) is 2.13. The Bertz CT molecular complexity index is 742. The number of nitrogens with zero attached hydrogens (tertiary/aromatic N) is 3. The molecule has 3 aromatic rings. The molecule has 1 aliphatic rings. The second-order valence-electron chi connectivity index (χ2n) is 4.91. The maximum Gasteiger partial charge on any atom is 0.217 e. The molecule has 6 heteroatoms. The normalized spacial score (nSPS) is 17.5. The van der Waals surface area contributed by atoms with Crippen LogP contribution in [0.3, 0.4) is 0 Å². The summed E-state index contributed by atoms with van der Waals surface area (Å²) < 4.78 is 3.37. The van der Waals surface area contributed by atoms with E-state index in [9.17, 15) is 0 Å². The Labute approximate surface area is 119 Å². The molecule has 1 aliphatic heterocycles. The van der Waals surface area contributed by atoms with Gasteiger partial charge in [-0.2, -0.15) is 0 Å². The SMILES string of the molecule is Clc1ccc2c(c1)sc1nnc(C3CCNCC3)n12. The number of hydrogen-bond acceptors (Lipinski definition) is 4. The highest BCUT2D eigenvalue weighted by Gasteiger charge is 2.22. The van der Waals surface area contributed by atoms with E-state index in [1.807, 2.05) is 12.1 Å². The van der Waals surface area contributed by atoms with Crippen molar-refractivity contribution in [3.8, 4) is 0 Å². The minimum absolute atomic E-state index is 0.504. The van der Waals surface area contributed by atoms with Crippen molar-refractivity contribution >= 4 is 38.1 Å². The third-order valence-electron chi connectivity index (χ3n) is 3.73. The van der Waals surface area contributed by atoms with Crippen LogP contribution in [-0.4, -0.2) is 27.7 Å². The number of aromatic nitrogens is 3. The number of thiazole rings is 1. The molecule has 0 unspecified atom stereocenters. The summed E-state index contributed by atoms with van der Waals surface area (Å²) in [4.78, 5) is 0.964. The third kappa shape index (κ3) is 1.84. The van der Waals surface area contributed by atoms with Gasteiger partial charge in [0.2, 0.25) is 4.96 Å². The van der Waals surface area contributed by atoms with Gasteiger partial charge in [0.1, 0.15) is 5.82 Å². The van der Waals surface area contributed by atoms with E-state index in [1.54, 1.807) is 11.3 Å². The van der Waals surface area contributed by atoms with Crippen LogP contribution in [0.5, 0.6) is 0 Å². The minimum atomic E-state index is 0.504. The zero-order valence-electron chi connectivity index (χ0n) is 10.3. The van der Waals surface area contributed by atoms with E-state index in [-0.39, 0.29) is 0 Å². The maximum atomic E-state index is 6.05. The van der Waals surface area contributed by atoms with Crippen LogP contribution in [-0.2, 0) is 0 Å². The molecule has 0 amide bonds. The minimum Gasteiger partial charge on any atom is -0.317 e. The highest BCUT2D eigenvalue weighted by Crippen LogP contribution is 2.32. The average Bonchev–Trinajstić information content (AvgIpc) is 2.97. The first-order chi connectivity index (χ1) is 9.33. The summed E-state index contributed by atoms with van der Waals surface area (Å²) in [5, 5.41) is 12.9. The molecule has 0 bridgehead atoms. The van der Waals surface area contributed by atoms with Crippen LogP contribution in [0.25, 0.3) is 15.2 Å². The summed E-state index contributed by atoms with van der Waals surface area (Å²) in [6.07, 6.45) is 2.26. The van der Waals surface area contributed by atoms with E-state index in [2.05, 4.69) is 26.0 Å². The third-order valence-corrected chi connectivity index (χ3v) is 4.96. The number of nitrogens with one attached hydrogen (secondary N) is 1. The maximum absolute atomic E-state index is 6.05. The van der Waals surface area contributed by atoms with Gasteiger partial charge >= 0.3 is 0 Å². The van der Waals surface area contributed by atoms with Crippen LogP contribution in [0.2, 0.25) is 5.02 Å². The zero-order chi connectivity index (χ0) is 12.8. The lowest BCUT2D eigenvalue weighted by Gasteiger charge is -2.20. The highest BCUT2D eigenvalue weighted by atomic mass is 35.5. The van der Waals surface area contributed by atoms with Crippen molar-refractivity contribution in [2.75, 3.05) is 13.1 Å². The molecule has 0 aliphatic carbocycles. The summed E-state index contributed by atoms with van der Waals surface area (Å²) in [5.74, 6) is 1.61. The highest BCUT2D eigenvalue weighted by molar-refractivity contribution is 7.23. The number of hydrogen-bond donors (Lipinski definition) is 1. The number of benzene rings is 1. The molecular formula is C13H13ClN4S. The van der Waals surface area contributed by atoms with Gasteiger partial charge in [-0.15, -0.1) is 10.2 Å². The zero-order valence-corrected chi connectivity index (χ0v) is 11.8. The van der Waals surface area contributed by atoms with Crippen LogP contribution >= 0.6 is 22.9 Å². The van der Waals surface area contributed by atoms with Crippen LogP contribution in [0.15, 0.2) is 18.2 Å². The van der Waals surface area contributed by atoms with Gasteiger partial charge in [-0.25, -0.2) is 0 Å². The van der Waals surface area contributed by atoms with Crippen LogP contribution in [0.4, 0.5) is 0 Å². The lowest BCUT2D eigenvalue weighted by molar-refractivity contribution is 0.443. The fraction of sp³-hybridized carbons (Fsp3) is 0.385. The Kier molecular flexibility index (Phi) is 2.72. The van der Waals surface area contributed by atoms with Crippen molar-refractivity contribution in [3.63, 3.8) is 0 Å². The standard InChI is InChI=1S/C13H13ClN4S/c14-9-1-2-10-11(7-9)19-13-17-16-12(18(10)13)8-3-5-15-6-4-8/h1-2,7-8,15H,3-6H2. The van der Waals surface area contributed by atoms with Crippen molar-refractivity contribution in [2.45, 2.75) is 18.8 Å². The molecular weight excluding hydrogens is 280 g/mol. The lowest BCUT2D eigenvalue weighted by Crippen LogP contribution is -2.27. The molecule has 3 heterocycles. The summed E-state index contributed by atoms with van der Waals surface area (Å²) in [7, 11) is 0. The molecule has 1 fully saturated rings. The second-order valence-corrected chi connectivity index (χ2v) is 6.36. The van der Waals surface area contributed by atoms with Crippen LogP contribution in [0, 0.1) is 0 Å². The Morgan fingerprint density at radius 1 is 1.26 bits per heavy atom. The van der Waals surface area contributed by atoms with Crippen LogP contribution in [0.1, 0.15) is 24.6 Å². The van der Waals surface area contributed by atoms with Crippen molar-refractivity contribution < 1.29 is 0 Å². The van der Waals surface area contributed by atoms with Gasteiger partial charge in [0.15, 0.2) is 0 Å². The molecule has 4 rings (SSSR count). The van der Waals surface area contributed by atoms with E-state index < -0.39 is 0 Å². The molecule has 0 spiro atoms. The Morgan fingerprint density at radius 2 is 2.11 bits per heavy atom. The van der Waals surface area contributed by atoms with E-state index in [0.717, 1.165) is 41.7 Å². The largest absolute Gasteiger partial charge is 0.317 e. The van der Waals surface area contributed by atoms with Gasteiger partial charge in [-0.3, -0.25) is 4.40 Å². The molecule has 0 atom stereocenters. The van der Waals surface area contributed by atoms with Gasteiger partial charge in [0, 0.05) is 10.9 Å². The fourth-order valence-electron chi connectivity index (χ4n) is 2.77. The first-order valence-electron chi connectivity index (χ1n) is 6.47. The Balaban J connectivity index is 1.93. The molecule has 1 N–H and O–H groups in total. The molecule has 2 aromatic heterocycles. The van der Waals surface area contributed by atoms with Gasteiger partial charge < -0.3 is 5.32 Å². The van der Waals surface area contributed by atoms with E-state index in [4.69, 9.17) is 11.6 Å². The smallest absolute Gasteiger partial charge is 0.217 e. The fourth-order valence-corrected chi connectivity index (χ4v) is 4.02. The second kappa shape index (κ2) is 4.44. The number of fused-ring (bicyclic) bond motifs is 3. The molecule has 4 nitrogen and oxygen atoms in total. The first-order valence-corrected chi connectivity index (χ1v) is 7.66. The molecule has 19 heavy (non-hydrogen) atoms. The summed E-state index contributed by atoms with van der Waals surface area (Å²) in [5.41, 5.74) is 1.17. The van der Waals surface area contributed by atoms with E-state index in [0.29, 0.717) is 5.92 Å². The molecule has 98 valence electrons. The van der Waals surface area contributed by atoms with Gasteiger partial charge in [-0.1, -0.05) is 22.9 Å². The number of piperidine rings is 1. The Morgan fingerprint density at radius 3 is 2.95 bits per heavy atom. The first kappa shape index (κ1) is 11.6. The molecule has 0 radical (unpaired) electrons. The van der Waals surface area contributed by atoms with Crippen molar-refractivity contribution in [2.24, 2.45) is 0 Å². The topological polar surface area (TPSA) is 42.2 Å². The number of halogens is 1. The molecule has 1 saturated heterocycles. The van der Waals surface area contributed by atoms with Gasteiger partial charge in [0.25, 0.3) is 0 Å². The van der Waals surface area contributed by atoms with Crippen molar-refractivity contribution in [1.82, 2.24) is 19.9 Å². The van der Waals surface area contributed by atoms with Gasteiger partial charge in [0.05, 0.1) is 10.2 Å². The monoisotopic (exact) mass is 292 g/mol. The van der Waals surface area contributed by atoms with E-state index in [1.165, 1.54) is 10.2 Å².